The van der Waals surface area contributed by atoms with E-state index in [2.05, 4.69) is 51.0 Å². The summed E-state index contributed by atoms with van der Waals surface area (Å²) in [4.78, 5) is 26.2. The van der Waals surface area contributed by atoms with E-state index in [-0.39, 0.29) is 23.6 Å². The number of benzene rings is 1. The molecule has 7 heteroatoms. The summed E-state index contributed by atoms with van der Waals surface area (Å²) in [6.07, 6.45) is 1.66. The quantitative estimate of drug-likeness (QED) is 0.508. The normalized spacial score (nSPS) is 21.0. The molecule has 0 fully saturated rings. The highest BCUT2D eigenvalue weighted by Gasteiger charge is 2.44. The van der Waals surface area contributed by atoms with Crippen LogP contribution in [0.1, 0.15) is 58.4 Å². The molecule has 0 spiro atoms. The Labute approximate surface area is 187 Å². The second-order valence-electron chi connectivity index (χ2n) is 8.18. The third kappa shape index (κ3) is 4.17. The van der Waals surface area contributed by atoms with Crippen LogP contribution in [0.15, 0.2) is 43.6 Å². The average Bonchev–Trinajstić information content (AvgIpc) is 2.62. The number of hydrogen-bond donors (Lipinski definition) is 2. The fraction of sp³-hybridized carbons (Fsp3) is 0.455. The van der Waals surface area contributed by atoms with E-state index in [0.29, 0.717) is 40.4 Å². The molecule has 1 atom stereocenters. The van der Waals surface area contributed by atoms with Gasteiger partial charge >= 0.3 is 5.97 Å². The number of dihydropyridines is 1. The SMILES string of the molecule is CCOC(=O)C1=C(CC)NC2=C(C(=O)CC(C)(C)C2)[C@H]1c1cc(Br)cc(Br)c1O. The zero-order valence-corrected chi connectivity index (χ0v) is 20.2. The van der Waals surface area contributed by atoms with Crippen molar-refractivity contribution < 1.29 is 19.4 Å². The number of allylic oxidation sites excluding steroid dienone is 3. The minimum absolute atomic E-state index is 0.0128. The Morgan fingerprint density at radius 1 is 1.28 bits per heavy atom. The molecular formula is C22H25Br2NO4. The molecule has 2 N–H and O–H groups in total. The maximum absolute atomic E-state index is 13.3. The van der Waals surface area contributed by atoms with Crippen LogP contribution in [0.2, 0.25) is 0 Å². The zero-order chi connectivity index (χ0) is 21.5. The smallest absolute Gasteiger partial charge is 0.336 e. The van der Waals surface area contributed by atoms with Gasteiger partial charge in [-0.3, -0.25) is 4.79 Å². The fourth-order valence-electron chi connectivity index (χ4n) is 4.19. The van der Waals surface area contributed by atoms with Gasteiger partial charge in [0.15, 0.2) is 5.78 Å². The lowest BCUT2D eigenvalue weighted by atomic mass is 9.68. The number of phenols is 1. The summed E-state index contributed by atoms with van der Waals surface area (Å²) in [6.45, 7) is 8.06. The lowest BCUT2D eigenvalue weighted by Gasteiger charge is -2.40. The topological polar surface area (TPSA) is 75.6 Å². The Morgan fingerprint density at radius 2 is 1.97 bits per heavy atom. The van der Waals surface area contributed by atoms with Crippen molar-refractivity contribution in [3.05, 3.63) is 49.2 Å². The summed E-state index contributed by atoms with van der Waals surface area (Å²) < 4.78 is 6.58. The summed E-state index contributed by atoms with van der Waals surface area (Å²) in [6, 6.07) is 3.50. The lowest BCUT2D eigenvalue weighted by molar-refractivity contribution is -0.138. The predicted molar refractivity (Wildman–Crippen MR) is 118 cm³/mol. The summed E-state index contributed by atoms with van der Waals surface area (Å²) >= 11 is 6.84. The first kappa shape index (κ1) is 22.1. The standard InChI is InChI=1S/C22H25Br2NO4/c1-5-14-19(21(28)29-6-2)17(12-7-11(23)8-13(24)20(12)27)18-15(25-14)9-22(3,4)10-16(18)26/h7-8,17,25,27H,5-6,9-10H2,1-4H3/t17-/m1/s1. The van der Waals surface area contributed by atoms with Crippen LogP contribution >= 0.6 is 31.9 Å². The maximum Gasteiger partial charge on any atom is 0.336 e. The van der Waals surface area contributed by atoms with Gasteiger partial charge in [-0.2, -0.15) is 0 Å². The van der Waals surface area contributed by atoms with E-state index in [1.54, 1.807) is 19.1 Å². The molecule has 0 amide bonds. The lowest BCUT2D eigenvalue weighted by Crippen LogP contribution is -2.39. The van der Waals surface area contributed by atoms with E-state index >= 15 is 0 Å². The van der Waals surface area contributed by atoms with Crippen LogP contribution in [-0.2, 0) is 14.3 Å². The molecule has 2 aliphatic rings. The number of halogens is 2. The Kier molecular flexibility index (Phi) is 6.30. The first-order chi connectivity index (χ1) is 13.6. The number of carbonyl (C=O) groups is 2. The molecule has 0 saturated carbocycles. The van der Waals surface area contributed by atoms with Gasteiger partial charge in [0, 0.05) is 33.4 Å². The molecule has 1 aromatic rings. The van der Waals surface area contributed by atoms with Crippen LogP contribution in [0.4, 0.5) is 0 Å². The number of ketones is 1. The third-order valence-electron chi connectivity index (χ3n) is 5.34. The van der Waals surface area contributed by atoms with Gasteiger partial charge in [0.1, 0.15) is 5.75 Å². The summed E-state index contributed by atoms with van der Waals surface area (Å²) in [5, 5.41) is 14.2. The molecule has 3 rings (SSSR count). The number of aromatic hydroxyl groups is 1. The fourth-order valence-corrected chi connectivity index (χ4v) is 5.45. The second kappa shape index (κ2) is 8.26. The van der Waals surface area contributed by atoms with Gasteiger partial charge in [-0.1, -0.05) is 36.7 Å². The minimum Gasteiger partial charge on any atom is -0.506 e. The maximum atomic E-state index is 13.3. The molecule has 156 valence electrons. The van der Waals surface area contributed by atoms with Crippen LogP contribution in [0.5, 0.6) is 5.75 Å². The Hall–Kier alpha value is -1.60. The number of esters is 1. The monoisotopic (exact) mass is 525 g/mol. The highest BCUT2D eigenvalue weighted by atomic mass is 79.9. The number of carbonyl (C=O) groups excluding carboxylic acids is 2. The van der Waals surface area contributed by atoms with E-state index in [1.807, 2.05) is 6.92 Å². The van der Waals surface area contributed by atoms with Crippen molar-refractivity contribution in [2.75, 3.05) is 6.61 Å². The molecule has 0 radical (unpaired) electrons. The molecule has 0 unspecified atom stereocenters. The highest BCUT2D eigenvalue weighted by molar-refractivity contribution is 9.11. The number of phenolic OH excluding ortho intramolecular Hbond substituents is 1. The van der Waals surface area contributed by atoms with Gasteiger partial charge in [0.05, 0.1) is 22.6 Å². The van der Waals surface area contributed by atoms with E-state index < -0.39 is 11.9 Å². The third-order valence-corrected chi connectivity index (χ3v) is 6.40. The van der Waals surface area contributed by atoms with Gasteiger partial charge in [-0.05, 0) is 53.2 Å². The van der Waals surface area contributed by atoms with E-state index in [0.717, 1.165) is 15.9 Å². The summed E-state index contributed by atoms with van der Waals surface area (Å²) in [5.74, 6) is -1.15. The van der Waals surface area contributed by atoms with Crippen molar-refractivity contribution in [1.82, 2.24) is 5.32 Å². The van der Waals surface area contributed by atoms with Crippen LogP contribution in [-0.4, -0.2) is 23.5 Å². The van der Waals surface area contributed by atoms with Crippen molar-refractivity contribution in [2.24, 2.45) is 5.41 Å². The van der Waals surface area contributed by atoms with Gasteiger partial charge < -0.3 is 15.2 Å². The largest absolute Gasteiger partial charge is 0.506 e. The summed E-state index contributed by atoms with van der Waals surface area (Å²) in [5.41, 5.74) is 2.83. The van der Waals surface area contributed by atoms with Crippen LogP contribution in [0.25, 0.3) is 0 Å². The van der Waals surface area contributed by atoms with E-state index in [9.17, 15) is 14.7 Å². The zero-order valence-electron chi connectivity index (χ0n) is 17.0. The number of hydrogen-bond acceptors (Lipinski definition) is 5. The second-order valence-corrected chi connectivity index (χ2v) is 9.95. The van der Waals surface area contributed by atoms with Crippen molar-refractivity contribution >= 4 is 43.6 Å². The number of rotatable bonds is 4. The van der Waals surface area contributed by atoms with E-state index in [4.69, 9.17) is 4.74 Å². The molecule has 0 saturated heterocycles. The van der Waals surface area contributed by atoms with Gasteiger partial charge in [-0.15, -0.1) is 0 Å². The Morgan fingerprint density at radius 3 is 2.59 bits per heavy atom. The van der Waals surface area contributed by atoms with Crippen LogP contribution in [0.3, 0.4) is 0 Å². The number of ether oxygens (including phenoxy) is 1. The van der Waals surface area contributed by atoms with Crippen molar-refractivity contribution in [3.63, 3.8) is 0 Å². The Balaban J connectivity index is 2.31. The van der Waals surface area contributed by atoms with Crippen LogP contribution < -0.4 is 5.32 Å². The molecule has 5 nitrogen and oxygen atoms in total. The molecule has 0 aromatic heterocycles. The minimum atomic E-state index is -0.683. The molecule has 1 aliphatic carbocycles. The molecule has 1 aromatic carbocycles. The highest BCUT2D eigenvalue weighted by Crippen LogP contribution is 2.50. The van der Waals surface area contributed by atoms with Crippen LogP contribution in [0, 0.1) is 5.41 Å². The van der Waals surface area contributed by atoms with E-state index in [1.165, 1.54) is 0 Å². The van der Waals surface area contributed by atoms with Crippen molar-refractivity contribution in [2.45, 2.75) is 52.9 Å². The first-order valence-corrected chi connectivity index (χ1v) is 11.3. The first-order valence-electron chi connectivity index (χ1n) is 9.71. The molecule has 0 bridgehead atoms. The molecular weight excluding hydrogens is 502 g/mol. The van der Waals surface area contributed by atoms with Gasteiger partial charge in [0.25, 0.3) is 0 Å². The number of nitrogens with one attached hydrogen (secondary N) is 1. The van der Waals surface area contributed by atoms with Gasteiger partial charge in [-0.25, -0.2) is 4.79 Å². The molecule has 1 aliphatic heterocycles. The van der Waals surface area contributed by atoms with Crippen molar-refractivity contribution in [1.29, 1.82) is 0 Å². The Bertz CT molecular complexity index is 946. The van der Waals surface area contributed by atoms with Gasteiger partial charge in [0.2, 0.25) is 0 Å². The average molecular weight is 527 g/mol. The predicted octanol–water partition coefficient (Wildman–Crippen LogP) is 5.47. The number of Topliss-reactive ketones (excluding diaryl/α,β-unsaturated/α-hetero) is 1. The molecule has 29 heavy (non-hydrogen) atoms. The van der Waals surface area contributed by atoms with Crippen molar-refractivity contribution in [3.8, 4) is 5.75 Å². The molecule has 1 heterocycles. The summed E-state index contributed by atoms with van der Waals surface area (Å²) in [7, 11) is 0.